The normalized spacial score (nSPS) is 32.9. The molecule has 6 nitrogen and oxygen atoms in total. The van der Waals surface area contributed by atoms with Crippen LogP contribution in [-0.4, -0.2) is 61.4 Å². The summed E-state index contributed by atoms with van der Waals surface area (Å²) in [6.45, 7) is 4.50. The molecule has 114 valence electrons. The summed E-state index contributed by atoms with van der Waals surface area (Å²) in [6.07, 6.45) is 1.65. The monoisotopic (exact) mass is 285 g/mol. The molecule has 2 heterocycles. The number of nitrogens with zero attached hydrogens (tertiary/aromatic N) is 1. The zero-order valence-electron chi connectivity index (χ0n) is 12.3. The molecule has 0 N–H and O–H groups in total. The topological polar surface area (TPSA) is 65.1 Å². The molecule has 6 heteroatoms. The molecule has 2 fully saturated rings. The maximum atomic E-state index is 12.3. The molecule has 2 saturated heterocycles. The molecule has 0 aromatic heterocycles. The fourth-order valence-corrected chi connectivity index (χ4v) is 3.13. The quantitative estimate of drug-likeness (QED) is 0.713. The molecule has 2 rings (SSSR count). The van der Waals surface area contributed by atoms with E-state index in [1.54, 1.807) is 0 Å². The Hall–Kier alpha value is -1.14. The molecule has 0 radical (unpaired) electrons. The molecule has 0 saturated carbocycles. The van der Waals surface area contributed by atoms with Crippen molar-refractivity contribution in [3.05, 3.63) is 0 Å². The van der Waals surface area contributed by atoms with Gasteiger partial charge in [0.1, 0.15) is 6.61 Å². The number of carbonyl (C=O) groups is 2. The van der Waals surface area contributed by atoms with Crippen LogP contribution in [0.1, 0.15) is 33.1 Å². The van der Waals surface area contributed by atoms with Crippen molar-refractivity contribution in [3.8, 4) is 0 Å². The van der Waals surface area contributed by atoms with Crippen molar-refractivity contribution in [1.29, 1.82) is 0 Å². The van der Waals surface area contributed by atoms with Crippen LogP contribution >= 0.6 is 0 Å². The molecule has 0 unspecified atom stereocenters. The van der Waals surface area contributed by atoms with Crippen molar-refractivity contribution in [3.63, 3.8) is 0 Å². The molecule has 2 aliphatic rings. The number of carbonyl (C=O) groups excluding carboxylic acids is 2. The third kappa shape index (κ3) is 2.96. The highest BCUT2D eigenvalue weighted by atomic mass is 16.6. The van der Waals surface area contributed by atoms with Gasteiger partial charge < -0.3 is 19.1 Å². The largest absolute Gasteiger partial charge is 0.467 e. The average molecular weight is 285 g/mol. The zero-order valence-corrected chi connectivity index (χ0v) is 12.3. The van der Waals surface area contributed by atoms with E-state index < -0.39 is 6.10 Å². The SMILES string of the molecule is CCOCC(=O)N1[C@H](C)CC[C@@H]2O[C@H](C(=O)OC)C[C@@H]21. The molecule has 4 atom stereocenters. The van der Waals surface area contributed by atoms with E-state index in [9.17, 15) is 9.59 Å². The van der Waals surface area contributed by atoms with Gasteiger partial charge in [-0.2, -0.15) is 0 Å². The number of amides is 1. The van der Waals surface area contributed by atoms with Gasteiger partial charge >= 0.3 is 5.97 Å². The number of esters is 1. The van der Waals surface area contributed by atoms with E-state index >= 15 is 0 Å². The van der Waals surface area contributed by atoms with E-state index in [2.05, 4.69) is 0 Å². The second kappa shape index (κ2) is 6.54. The van der Waals surface area contributed by atoms with E-state index in [-0.39, 0.29) is 36.7 Å². The molecule has 0 aliphatic carbocycles. The van der Waals surface area contributed by atoms with Gasteiger partial charge in [-0.15, -0.1) is 0 Å². The Kier molecular flexibility index (Phi) is 4.99. The van der Waals surface area contributed by atoms with Crippen LogP contribution in [0.25, 0.3) is 0 Å². The Morgan fingerprint density at radius 2 is 2.10 bits per heavy atom. The summed E-state index contributed by atoms with van der Waals surface area (Å²) in [6, 6.07) is 0.111. The molecule has 0 aromatic carbocycles. The molecule has 0 bridgehead atoms. The highest BCUT2D eigenvalue weighted by molar-refractivity contribution is 5.79. The number of methoxy groups -OCH3 is 1. The van der Waals surface area contributed by atoms with Gasteiger partial charge in [-0.25, -0.2) is 4.79 Å². The van der Waals surface area contributed by atoms with Crippen LogP contribution in [0.15, 0.2) is 0 Å². The second-order valence-corrected chi connectivity index (χ2v) is 5.35. The second-order valence-electron chi connectivity index (χ2n) is 5.35. The molecule has 2 aliphatic heterocycles. The number of ether oxygens (including phenoxy) is 3. The summed E-state index contributed by atoms with van der Waals surface area (Å²) in [7, 11) is 1.36. The molecule has 0 aromatic rings. The number of rotatable bonds is 4. The van der Waals surface area contributed by atoms with E-state index in [0.29, 0.717) is 13.0 Å². The number of fused-ring (bicyclic) bond motifs is 1. The molecule has 0 spiro atoms. The Morgan fingerprint density at radius 3 is 2.75 bits per heavy atom. The minimum atomic E-state index is -0.553. The first-order valence-electron chi connectivity index (χ1n) is 7.20. The third-order valence-electron chi connectivity index (χ3n) is 4.11. The minimum absolute atomic E-state index is 0.0248. The summed E-state index contributed by atoms with van der Waals surface area (Å²) in [5.41, 5.74) is 0. The molecule has 1 amide bonds. The first-order chi connectivity index (χ1) is 9.58. The third-order valence-corrected chi connectivity index (χ3v) is 4.11. The highest BCUT2D eigenvalue weighted by Crippen LogP contribution is 2.35. The maximum Gasteiger partial charge on any atom is 0.335 e. The fraction of sp³-hybridized carbons (Fsp3) is 0.857. The van der Waals surface area contributed by atoms with Crippen LogP contribution in [0.3, 0.4) is 0 Å². The van der Waals surface area contributed by atoms with Gasteiger partial charge in [0.15, 0.2) is 6.10 Å². The maximum absolute atomic E-state index is 12.3. The Balaban J connectivity index is 2.06. The first-order valence-corrected chi connectivity index (χ1v) is 7.20. The van der Waals surface area contributed by atoms with E-state index in [1.807, 2.05) is 18.7 Å². The molecular weight excluding hydrogens is 262 g/mol. The van der Waals surface area contributed by atoms with E-state index in [0.717, 1.165) is 12.8 Å². The smallest absolute Gasteiger partial charge is 0.335 e. The molecule has 20 heavy (non-hydrogen) atoms. The summed E-state index contributed by atoms with van der Waals surface area (Å²) in [5.74, 6) is -0.382. The van der Waals surface area contributed by atoms with Gasteiger partial charge in [0.25, 0.3) is 0 Å². The predicted octanol–water partition coefficient (Wildman–Crippen LogP) is 0.733. The van der Waals surface area contributed by atoms with Gasteiger partial charge in [0.05, 0.1) is 19.3 Å². The lowest BCUT2D eigenvalue weighted by molar-refractivity contribution is -0.154. The number of hydrogen-bond acceptors (Lipinski definition) is 5. The number of hydrogen-bond donors (Lipinski definition) is 0. The van der Waals surface area contributed by atoms with Gasteiger partial charge in [-0.05, 0) is 26.7 Å². The van der Waals surface area contributed by atoms with Crippen LogP contribution in [-0.2, 0) is 23.8 Å². The summed E-state index contributed by atoms with van der Waals surface area (Å²) >= 11 is 0. The van der Waals surface area contributed by atoms with Crippen LogP contribution in [0.4, 0.5) is 0 Å². The van der Waals surface area contributed by atoms with Gasteiger partial charge in [0, 0.05) is 19.1 Å². The number of piperidine rings is 1. The average Bonchev–Trinajstić information content (AvgIpc) is 2.87. The Morgan fingerprint density at radius 1 is 1.35 bits per heavy atom. The van der Waals surface area contributed by atoms with Crippen LogP contribution in [0.2, 0.25) is 0 Å². The van der Waals surface area contributed by atoms with Crippen molar-refractivity contribution in [1.82, 2.24) is 4.90 Å². The van der Waals surface area contributed by atoms with Gasteiger partial charge in [-0.1, -0.05) is 0 Å². The van der Waals surface area contributed by atoms with Crippen LogP contribution in [0.5, 0.6) is 0 Å². The van der Waals surface area contributed by atoms with Crippen LogP contribution < -0.4 is 0 Å². The standard InChI is InChI=1S/C14H23NO5/c1-4-19-8-13(16)15-9(2)5-6-11-10(15)7-12(20-11)14(17)18-3/h9-12H,4-8H2,1-3H3/t9-,10+,11+,12+/m1/s1. The lowest BCUT2D eigenvalue weighted by atomic mass is 9.92. The Labute approximate surface area is 119 Å². The van der Waals surface area contributed by atoms with Gasteiger partial charge in [-0.3, -0.25) is 4.79 Å². The summed E-state index contributed by atoms with van der Waals surface area (Å²) < 4.78 is 15.7. The van der Waals surface area contributed by atoms with Crippen molar-refractivity contribution >= 4 is 11.9 Å². The lowest BCUT2D eigenvalue weighted by Gasteiger charge is -2.41. The van der Waals surface area contributed by atoms with Crippen molar-refractivity contribution in [2.75, 3.05) is 20.3 Å². The van der Waals surface area contributed by atoms with E-state index in [4.69, 9.17) is 14.2 Å². The summed E-state index contributed by atoms with van der Waals surface area (Å²) in [4.78, 5) is 25.7. The minimum Gasteiger partial charge on any atom is -0.467 e. The Bertz CT molecular complexity index is 373. The summed E-state index contributed by atoms with van der Waals surface area (Å²) in [5, 5.41) is 0. The van der Waals surface area contributed by atoms with Crippen LogP contribution in [0, 0.1) is 0 Å². The van der Waals surface area contributed by atoms with Crippen molar-refractivity contribution < 1.29 is 23.8 Å². The predicted molar refractivity (Wildman–Crippen MR) is 71.1 cm³/mol. The zero-order chi connectivity index (χ0) is 14.7. The molecular formula is C14H23NO5. The number of likely N-dealkylation sites (tertiary alicyclic amines) is 1. The fourth-order valence-electron chi connectivity index (χ4n) is 3.13. The van der Waals surface area contributed by atoms with Crippen molar-refractivity contribution in [2.24, 2.45) is 0 Å². The van der Waals surface area contributed by atoms with Gasteiger partial charge in [0.2, 0.25) is 5.91 Å². The van der Waals surface area contributed by atoms with Crippen molar-refractivity contribution in [2.45, 2.75) is 57.4 Å². The first kappa shape index (κ1) is 15.3. The highest BCUT2D eigenvalue weighted by Gasteiger charge is 2.47. The van der Waals surface area contributed by atoms with E-state index in [1.165, 1.54) is 7.11 Å². The lowest BCUT2D eigenvalue weighted by Crippen LogP contribution is -2.54.